The number of carbonyl (C=O) groups excluding carboxylic acids is 1. The number of hydrogen-bond donors (Lipinski definition) is 1. The lowest BCUT2D eigenvalue weighted by Crippen LogP contribution is -2.39. The standard InChI is InChI=1S/C23H26N4O/c28-23(14-13-18-8-2-1-3-9-18)27-15-7-6-10-19(17-27)25-22-16-24-20-11-4-5-12-21(20)26-22/h1-5,8-9,11-12,16,19H,6-7,10,13-15,17H2,(H,25,26)/t19-/m0/s1. The monoisotopic (exact) mass is 374 g/mol. The summed E-state index contributed by atoms with van der Waals surface area (Å²) in [6, 6.07) is 18.3. The topological polar surface area (TPSA) is 58.1 Å². The van der Waals surface area contributed by atoms with Gasteiger partial charge in [0.1, 0.15) is 5.82 Å². The second-order valence-corrected chi connectivity index (χ2v) is 7.41. The van der Waals surface area contributed by atoms with E-state index in [1.165, 1.54) is 5.56 Å². The van der Waals surface area contributed by atoms with E-state index in [1.54, 1.807) is 6.20 Å². The smallest absolute Gasteiger partial charge is 0.222 e. The van der Waals surface area contributed by atoms with Gasteiger partial charge in [0.2, 0.25) is 5.91 Å². The number of aromatic nitrogens is 2. The number of likely N-dealkylation sites (tertiary alicyclic amines) is 1. The third-order valence-electron chi connectivity index (χ3n) is 5.30. The molecular weight excluding hydrogens is 348 g/mol. The summed E-state index contributed by atoms with van der Waals surface area (Å²) in [5, 5.41) is 3.50. The Morgan fingerprint density at radius 2 is 1.82 bits per heavy atom. The van der Waals surface area contributed by atoms with E-state index in [-0.39, 0.29) is 11.9 Å². The molecule has 0 saturated carbocycles. The summed E-state index contributed by atoms with van der Waals surface area (Å²) in [6.07, 6.45) is 6.35. The minimum atomic E-state index is 0.207. The van der Waals surface area contributed by atoms with Crippen LogP contribution in [0.2, 0.25) is 0 Å². The summed E-state index contributed by atoms with van der Waals surface area (Å²) in [5.41, 5.74) is 3.00. The molecule has 1 aromatic heterocycles. The van der Waals surface area contributed by atoms with Gasteiger partial charge in [-0.2, -0.15) is 0 Å². The molecule has 0 spiro atoms. The second kappa shape index (κ2) is 8.83. The number of fused-ring (bicyclic) bond motifs is 1. The second-order valence-electron chi connectivity index (χ2n) is 7.41. The Morgan fingerprint density at radius 1 is 1.04 bits per heavy atom. The molecule has 0 aliphatic carbocycles. The fourth-order valence-corrected chi connectivity index (χ4v) is 3.78. The van der Waals surface area contributed by atoms with Gasteiger partial charge in [0.25, 0.3) is 0 Å². The highest BCUT2D eigenvalue weighted by Crippen LogP contribution is 2.18. The van der Waals surface area contributed by atoms with E-state index in [0.29, 0.717) is 6.42 Å². The molecule has 5 nitrogen and oxygen atoms in total. The summed E-state index contributed by atoms with van der Waals surface area (Å²) in [5.74, 6) is 1.02. The molecule has 0 bridgehead atoms. The Hall–Kier alpha value is -2.95. The van der Waals surface area contributed by atoms with E-state index < -0.39 is 0 Å². The van der Waals surface area contributed by atoms with Crippen LogP contribution in [0.3, 0.4) is 0 Å². The zero-order chi connectivity index (χ0) is 19.2. The zero-order valence-corrected chi connectivity index (χ0v) is 16.1. The lowest BCUT2D eigenvalue weighted by atomic mass is 10.1. The number of rotatable bonds is 5. The number of benzene rings is 2. The first kappa shape index (κ1) is 18.4. The van der Waals surface area contributed by atoms with Crippen LogP contribution in [0.15, 0.2) is 60.8 Å². The number of nitrogens with zero attached hydrogens (tertiary/aromatic N) is 3. The van der Waals surface area contributed by atoms with Gasteiger partial charge in [0.05, 0.1) is 17.2 Å². The predicted molar refractivity (Wildman–Crippen MR) is 112 cm³/mol. The molecule has 4 rings (SSSR count). The quantitative estimate of drug-likeness (QED) is 0.732. The van der Waals surface area contributed by atoms with Crippen molar-refractivity contribution in [3.8, 4) is 0 Å². The van der Waals surface area contributed by atoms with Gasteiger partial charge in [-0.3, -0.25) is 9.78 Å². The van der Waals surface area contributed by atoms with Crippen molar-refractivity contribution in [2.75, 3.05) is 18.4 Å². The molecule has 1 aliphatic heterocycles. The molecule has 1 amide bonds. The Labute approximate surface area is 165 Å². The number of aryl methyl sites for hydroxylation is 1. The largest absolute Gasteiger partial charge is 0.364 e. The maximum Gasteiger partial charge on any atom is 0.222 e. The Balaban J connectivity index is 1.38. The first-order chi connectivity index (χ1) is 13.8. The van der Waals surface area contributed by atoms with Gasteiger partial charge in [0.15, 0.2) is 0 Å². The fraction of sp³-hybridized carbons (Fsp3) is 0.348. The minimum absolute atomic E-state index is 0.207. The van der Waals surface area contributed by atoms with Crippen molar-refractivity contribution < 1.29 is 4.79 Å². The molecule has 1 atom stereocenters. The molecule has 5 heteroatoms. The average molecular weight is 374 g/mol. The van der Waals surface area contributed by atoms with Crippen LogP contribution in [0.5, 0.6) is 0 Å². The van der Waals surface area contributed by atoms with Crippen LogP contribution in [-0.2, 0) is 11.2 Å². The number of anilines is 1. The molecule has 28 heavy (non-hydrogen) atoms. The first-order valence-corrected chi connectivity index (χ1v) is 10.1. The third-order valence-corrected chi connectivity index (χ3v) is 5.30. The van der Waals surface area contributed by atoms with Crippen molar-refractivity contribution in [2.45, 2.75) is 38.1 Å². The van der Waals surface area contributed by atoms with Crippen molar-refractivity contribution in [1.82, 2.24) is 14.9 Å². The highest BCUT2D eigenvalue weighted by atomic mass is 16.2. The maximum atomic E-state index is 12.8. The number of amides is 1. The summed E-state index contributed by atoms with van der Waals surface area (Å²) < 4.78 is 0. The molecule has 2 aromatic carbocycles. The molecule has 3 aromatic rings. The number of nitrogens with one attached hydrogen (secondary N) is 1. The molecule has 1 fully saturated rings. The van der Waals surface area contributed by atoms with Crippen molar-refractivity contribution in [2.24, 2.45) is 0 Å². The molecule has 2 heterocycles. The Morgan fingerprint density at radius 3 is 2.68 bits per heavy atom. The molecule has 1 N–H and O–H groups in total. The van der Waals surface area contributed by atoms with Gasteiger partial charge in [-0.15, -0.1) is 0 Å². The number of carbonyl (C=O) groups is 1. The van der Waals surface area contributed by atoms with E-state index in [4.69, 9.17) is 0 Å². The van der Waals surface area contributed by atoms with E-state index >= 15 is 0 Å². The lowest BCUT2D eigenvalue weighted by molar-refractivity contribution is -0.131. The number of para-hydroxylation sites is 2. The van der Waals surface area contributed by atoms with E-state index in [2.05, 4.69) is 27.4 Å². The van der Waals surface area contributed by atoms with Gasteiger partial charge in [-0.25, -0.2) is 4.98 Å². The van der Waals surface area contributed by atoms with Gasteiger partial charge in [-0.05, 0) is 43.4 Å². The van der Waals surface area contributed by atoms with Crippen LogP contribution >= 0.6 is 0 Å². The summed E-state index contributed by atoms with van der Waals surface area (Å²) in [6.45, 7) is 1.57. The van der Waals surface area contributed by atoms with Crippen LogP contribution in [0, 0.1) is 0 Å². The average Bonchev–Trinajstić information content (AvgIpc) is 2.98. The maximum absolute atomic E-state index is 12.8. The van der Waals surface area contributed by atoms with E-state index in [0.717, 1.165) is 55.6 Å². The molecule has 0 unspecified atom stereocenters. The lowest BCUT2D eigenvalue weighted by Gasteiger charge is -2.25. The highest BCUT2D eigenvalue weighted by Gasteiger charge is 2.22. The summed E-state index contributed by atoms with van der Waals surface area (Å²) in [4.78, 5) is 23.9. The zero-order valence-electron chi connectivity index (χ0n) is 16.1. The molecule has 1 aliphatic rings. The summed E-state index contributed by atoms with van der Waals surface area (Å²) in [7, 11) is 0. The van der Waals surface area contributed by atoms with Crippen LogP contribution < -0.4 is 5.32 Å². The van der Waals surface area contributed by atoms with Crippen LogP contribution in [0.1, 0.15) is 31.2 Å². The van der Waals surface area contributed by atoms with Gasteiger partial charge in [-0.1, -0.05) is 42.5 Å². The predicted octanol–water partition coefficient (Wildman–Crippen LogP) is 4.06. The third kappa shape index (κ3) is 4.66. The van der Waals surface area contributed by atoms with Gasteiger partial charge < -0.3 is 10.2 Å². The van der Waals surface area contributed by atoms with Crippen LogP contribution in [-0.4, -0.2) is 39.9 Å². The molecule has 1 saturated heterocycles. The fourth-order valence-electron chi connectivity index (χ4n) is 3.78. The van der Waals surface area contributed by atoms with Crippen molar-refractivity contribution in [3.05, 3.63) is 66.4 Å². The first-order valence-electron chi connectivity index (χ1n) is 10.1. The minimum Gasteiger partial charge on any atom is -0.364 e. The molecular formula is C23H26N4O. The molecule has 144 valence electrons. The van der Waals surface area contributed by atoms with Crippen LogP contribution in [0.25, 0.3) is 11.0 Å². The van der Waals surface area contributed by atoms with Crippen molar-refractivity contribution in [1.29, 1.82) is 0 Å². The van der Waals surface area contributed by atoms with E-state index in [9.17, 15) is 4.79 Å². The van der Waals surface area contributed by atoms with Gasteiger partial charge >= 0.3 is 0 Å². The summed E-state index contributed by atoms with van der Waals surface area (Å²) >= 11 is 0. The molecule has 0 radical (unpaired) electrons. The Bertz CT molecular complexity index is 928. The highest BCUT2D eigenvalue weighted by molar-refractivity contribution is 5.77. The van der Waals surface area contributed by atoms with Gasteiger partial charge in [0, 0.05) is 25.6 Å². The normalized spacial score (nSPS) is 17.3. The van der Waals surface area contributed by atoms with E-state index in [1.807, 2.05) is 47.4 Å². The Kier molecular flexibility index (Phi) is 5.80. The number of hydrogen-bond acceptors (Lipinski definition) is 4. The van der Waals surface area contributed by atoms with Crippen LogP contribution in [0.4, 0.5) is 5.82 Å². The van der Waals surface area contributed by atoms with Crippen molar-refractivity contribution >= 4 is 22.8 Å². The SMILES string of the molecule is O=C(CCc1ccccc1)N1CCCC[C@H](Nc2cnc3ccccc3n2)C1. The van der Waals surface area contributed by atoms with Crippen molar-refractivity contribution in [3.63, 3.8) is 0 Å².